The molecule has 0 spiro atoms. The number of hydrogen-bond donors (Lipinski definition) is 1. The van der Waals surface area contributed by atoms with E-state index in [0.29, 0.717) is 11.1 Å². The third-order valence-electron chi connectivity index (χ3n) is 1.61. The maximum Gasteiger partial charge on any atom is 0.258 e. The molecular formula is C8H5NO2. The van der Waals surface area contributed by atoms with Gasteiger partial charge in [-0.25, -0.2) is 0 Å². The molecule has 0 saturated carbocycles. The lowest BCUT2D eigenvalue weighted by atomic mass is 10.1. The van der Waals surface area contributed by atoms with E-state index >= 15 is 0 Å². The number of rotatable bonds is 0. The van der Waals surface area contributed by atoms with E-state index in [0.717, 1.165) is 0 Å². The van der Waals surface area contributed by atoms with Crippen molar-refractivity contribution in [3.8, 4) is 0 Å². The molecule has 0 saturated heterocycles. The summed E-state index contributed by atoms with van der Waals surface area (Å²) < 4.78 is 0. The van der Waals surface area contributed by atoms with E-state index in [-0.39, 0.29) is 11.8 Å². The van der Waals surface area contributed by atoms with Crippen LogP contribution in [-0.2, 0) is 0 Å². The Labute approximate surface area is 63.0 Å². The SMILES string of the molecule is O=C1NC(=O)c2cccc1c2. The summed E-state index contributed by atoms with van der Waals surface area (Å²) in [4.78, 5) is 21.9. The second-order valence-electron chi connectivity index (χ2n) is 2.36. The fourth-order valence-electron chi connectivity index (χ4n) is 1.05. The molecule has 0 fully saturated rings. The predicted molar refractivity (Wildman–Crippen MR) is 38.2 cm³/mol. The van der Waals surface area contributed by atoms with Crippen LogP contribution in [0.5, 0.6) is 0 Å². The molecule has 3 nitrogen and oxygen atoms in total. The molecule has 3 heteroatoms. The van der Waals surface area contributed by atoms with Gasteiger partial charge in [0, 0.05) is 11.1 Å². The van der Waals surface area contributed by atoms with E-state index in [2.05, 4.69) is 5.32 Å². The number of fused-ring (bicyclic) bond motifs is 2. The smallest absolute Gasteiger partial charge is 0.258 e. The Bertz CT molecular complexity index is 314. The molecule has 1 aliphatic heterocycles. The van der Waals surface area contributed by atoms with Crippen LogP contribution in [0.25, 0.3) is 0 Å². The van der Waals surface area contributed by atoms with Crippen LogP contribution < -0.4 is 5.32 Å². The maximum absolute atomic E-state index is 10.9. The van der Waals surface area contributed by atoms with Crippen molar-refractivity contribution in [2.45, 2.75) is 0 Å². The second-order valence-corrected chi connectivity index (χ2v) is 2.36. The van der Waals surface area contributed by atoms with Crippen molar-refractivity contribution in [1.82, 2.24) is 5.32 Å². The Kier molecular flexibility index (Phi) is 1.06. The zero-order chi connectivity index (χ0) is 7.84. The normalized spacial score (nSPS) is 14.5. The highest BCUT2D eigenvalue weighted by Crippen LogP contribution is 2.09. The Morgan fingerprint density at radius 1 is 1.00 bits per heavy atom. The molecule has 54 valence electrons. The van der Waals surface area contributed by atoms with Crippen LogP contribution in [0, 0.1) is 0 Å². The van der Waals surface area contributed by atoms with Gasteiger partial charge in [0.1, 0.15) is 0 Å². The number of hydrogen-bond acceptors (Lipinski definition) is 2. The van der Waals surface area contributed by atoms with Crippen molar-refractivity contribution in [2.75, 3.05) is 0 Å². The second kappa shape index (κ2) is 1.92. The van der Waals surface area contributed by atoms with Gasteiger partial charge < -0.3 is 0 Å². The molecule has 2 bridgehead atoms. The average Bonchev–Trinajstić information content (AvgIpc) is 2.02. The van der Waals surface area contributed by atoms with Gasteiger partial charge in [0.2, 0.25) is 0 Å². The largest absolute Gasteiger partial charge is 0.288 e. The minimum absolute atomic E-state index is 0.317. The Balaban J connectivity index is 2.67. The topological polar surface area (TPSA) is 46.2 Å². The summed E-state index contributed by atoms with van der Waals surface area (Å²) in [6.45, 7) is 0. The first kappa shape index (κ1) is 6.09. The van der Waals surface area contributed by atoms with Crippen molar-refractivity contribution < 1.29 is 9.59 Å². The molecule has 0 atom stereocenters. The number of carbonyl (C=O) groups excluding carboxylic acids is 2. The molecule has 0 unspecified atom stereocenters. The van der Waals surface area contributed by atoms with Crippen molar-refractivity contribution in [3.05, 3.63) is 35.4 Å². The highest BCUT2D eigenvalue weighted by atomic mass is 16.2. The monoisotopic (exact) mass is 147 g/mol. The molecule has 1 N–H and O–H groups in total. The molecule has 1 aliphatic rings. The highest BCUT2D eigenvalue weighted by molar-refractivity contribution is 6.14. The lowest BCUT2D eigenvalue weighted by Crippen LogP contribution is -2.34. The third-order valence-corrected chi connectivity index (χ3v) is 1.61. The number of imide groups is 1. The molecule has 0 aliphatic carbocycles. The molecule has 0 aromatic heterocycles. The fourth-order valence-corrected chi connectivity index (χ4v) is 1.05. The predicted octanol–water partition coefficient (Wildman–Crippen LogP) is 0.570. The van der Waals surface area contributed by atoms with Crippen molar-refractivity contribution in [1.29, 1.82) is 0 Å². The quantitative estimate of drug-likeness (QED) is 0.545. The summed E-state index contributed by atoms with van der Waals surface area (Å²) >= 11 is 0. The number of nitrogens with one attached hydrogen (secondary N) is 1. The first-order valence-corrected chi connectivity index (χ1v) is 3.23. The van der Waals surface area contributed by atoms with Crippen molar-refractivity contribution in [3.63, 3.8) is 0 Å². The summed E-state index contributed by atoms with van der Waals surface area (Å²) in [5, 5.41) is 2.22. The zero-order valence-corrected chi connectivity index (χ0v) is 5.63. The molecule has 2 rings (SSSR count). The van der Waals surface area contributed by atoms with Crippen LogP contribution in [0.2, 0.25) is 0 Å². The van der Waals surface area contributed by atoms with E-state index in [4.69, 9.17) is 0 Å². The average molecular weight is 147 g/mol. The molecular weight excluding hydrogens is 142 g/mol. The summed E-state index contributed by atoms with van der Waals surface area (Å²) in [6, 6.07) is 6.62. The summed E-state index contributed by atoms with van der Waals surface area (Å²) in [5.41, 5.74) is 1.09. The number of benzene rings is 1. The van der Waals surface area contributed by atoms with Gasteiger partial charge in [-0.1, -0.05) is 6.07 Å². The van der Waals surface area contributed by atoms with Gasteiger partial charge >= 0.3 is 0 Å². The minimum Gasteiger partial charge on any atom is -0.288 e. The van der Waals surface area contributed by atoms with Gasteiger partial charge in [-0.05, 0) is 18.2 Å². The summed E-state index contributed by atoms with van der Waals surface area (Å²) in [5.74, 6) is -0.633. The first-order valence-electron chi connectivity index (χ1n) is 3.23. The molecule has 0 radical (unpaired) electrons. The summed E-state index contributed by atoms with van der Waals surface area (Å²) in [6.07, 6.45) is 0. The fraction of sp³-hybridized carbons (Fsp3) is 0. The summed E-state index contributed by atoms with van der Waals surface area (Å²) in [7, 11) is 0. The van der Waals surface area contributed by atoms with E-state index < -0.39 is 0 Å². The Morgan fingerprint density at radius 3 is 2.09 bits per heavy atom. The maximum atomic E-state index is 10.9. The van der Waals surface area contributed by atoms with Crippen LogP contribution in [0.15, 0.2) is 24.3 Å². The third kappa shape index (κ3) is 0.816. The van der Waals surface area contributed by atoms with Crippen molar-refractivity contribution >= 4 is 11.8 Å². The van der Waals surface area contributed by atoms with Crippen LogP contribution in [0.4, 0.5) is 0 Å². The molecule has 1 aromatic rings. The first-order chi connectivity index (χ1) is 5.27. The molecule has 1 heterocycles. The van der Waals surface area contributed by atoms with Crippen LogP contribution in [0.1, 0.15) is 20.7 Å². The van der Waals surface area contributed by atoms with Gasteiger partial charge in [0.15, 0.2) is 0 Å². The molecule has 2 amide bonds. The lowest BCUT2D eigenvalue weighted by Gasteiger charge is -2.10. The highest BCUT2D eigenvalue weighted by Gasteiger charge is 2.18. The van der Waals surface area contributed by atoms with E-state index in [9.17, 15) is 9.59 Å². The zero-order valence-electron chi connectivity index (χ0n) is 5.63. The number of carbonyl (C=O) groups is 2. The van der Waals surface area contributed by atoms with Gasteiger partial charge in [-0.2, -0.15) is 0 Å². The van der Waals surface area contributed by atoms with Gasteiger partial charge in [-0.15, -0.1) is 0 Å². The molecule has 11 heavy (non-hydrogen) atoms. The minimum atomic E-state index is -0.317. The Morgan fingerprint density at radius 2 is 1.55 bits per heavy atom. The Hall–Kier alpha value is -1.64. The van der Waals surface area contributed by atoms with Crippen LogP contribution in [-0.4, -0.2) is 11.8 Å². The van der Waals surface area contributed by atoms with Crippen molar-refractivity contribution in [2.24, 2.45) is 0 Å². The van der Waals surface area contributed by atoms with Crippen LogP contribution >= 0.6 is 0 Å². The van der Waals surface area contributed by atoms with Gasteiger partial charge in [-0.3, -0.25) is 14.9 Å². The standard InChI is InChI=1S/C8H5NO2/c10-7-5-2-1-3-6(4-5)8(11)9-7/h1-4H,(H,9,10,11). The van der Waals surface area contributed by atoms with Gasteiger partial charge in [0.05, 0.1) is 0 Å². The van der Waals surface area contributed by atoms with Crippen LogP contribution in [0.3, 0.4) is 0 Å². The lowest BCUT2D eigenvalue weighted by molar-refractivity contribution is 0.0840. The molecule has 1 aromatic carbocycles. The van der Waals surface area contributed by atoms with E-state index in [1.54, 1.807) is 24.3 Å². The number of amides is 2. The van der Waals surface area contributed by atoms with E-state index in [1.807, 2.05) is 0 Å². The van der Waals surface area contributed by atoms with Gasteiger partial charge in [0.25, 0.3) is 11.8 Å². The van der Waals surface area contributed by atoms with E-state index in [1.165, 1.54) is 0 Å².